The first-order valence-corrected chi connectivity index (χ1v) is 7.69. The van der Waals surface area contributed by atoms with Crippen LogP contribution in [0, 0.1) is 5.82 Å². The van der Waals surface area contributed by atoms with Gasteiger partial charge in [-0.2, -0.15) is 0 Å². The van der Waals surface area contributed by atoms with E-state index in [2.05, 4.69) is 9.71 Å². The first-order chi connectivity index (χ1) is 9.49. The molecule has 1 N–H and O–H groups in total. The van der Waals surface area contributed by atoms with Gasteiger partial charge in [0, 0.05) is 18.9 Å². The van der Waals surface area contributed by atoms with Gasteiger partial charge in [0.1, 0.15) is 10.7 Å². The van der Waals surface area contributed by atoms with Gasteiger partial charge in [-0.3, -0.25) is 4.98 Å². The number of aromatic nitrogens is 1. The molecule has 1 aromatic heterocycles. The Morgan fingerprint density at radius 2 is 2.10 bits per heavy atom. The molecule has 0 aliphatic heterocycles. The van der Waals surface area contributed by atoms with Crippen molar-refractivity contribution in [3.8, 4) is 0 Å². The zero-order chi connectivity index (χ0) is 14.6. The van der Waals surface area contributed by atoms with E-state index in [1.807, 2.05) is 0 Å². The lowest BCUT2D eigenvalue weighted by Crippen LogP contribution is -2.26. The maximum atomic E-state index is 13.0. The molecular weight excluding hydrogens is 303 g/mol. The smallest absolute Gasteiger partial charge is 0.243 e. The molecule has 0 unspecified atom stereocenters. The normalized spacial score (nSPS) is 11.5. The number of halogens is 2. The Morgan fingerprint density at radius 1 is 1.30 bits per heavy atom. The number of hydrogen-bond donors (Lipinski definition) is 1. The van der Waals surface area contributed by atoms with Gasteiger partial charge in [0.15, 0.2) is 0 Å². The Hall–Kier alpha value is -1.50. The Balaban J connectivity index is 2.02. The molecule has 1 aromatic carbocycles. The second-order valence-electron chi connectivity index (χ2n) is 4.08. The molecule has 0 aliphatic rings. The predicted molar refractivity (Wildman–Crippen MR) is 74.5 cm³/mol. The maximum absolute atomic E-state index is 13.0. The summed E-state index contributed by atoms with van der Waals surface area (Å²) in [5.74, 6) is -0.347. The van der Waals surface area contributed by atoms with Crippen LogP contribution in [0.25, 0.3) is 0 Å². The van der Waals surface area contributed by atoms with Crippen LogP contribution in [0.4, 0.5) is 4.39 Å². The zero-order valence-corrected chi connectivity index (χ0v) is 12.0. The predicted octanol–water partition coefficient (Wildman–Crippen LogP) is 2.40. The van der Waals surface area contributed by atoms with Crippen LogP contribution in [0.15, 0.2) is 47.6 Å². The van der Waals surface area contributed by atoms with E-state index in [1.54, 1.807) is 12.1 Å². The molecule has 4 nitrogen and oxygen atoms in total. The summed E-state index contributed by atoms with van der Waals surface area (Å²) in [4.78, 5) is 3.67. The molecule has 2 rings (SSSR count). The third kappa shape index (κ3) is 3.75. The van der Waals surface area contributed by atoms with Crippen molar-refractivity contribution in [2.75, 3.05) is 6.54 Å². The Bertz CT molecular complexity index is 707. The molecule has 1 heterocycles. The molecule has 0 radical (unpaired) electrons. The topological polar surface area (TPSA) is 59.1 Å². The number of benzene rings is 1. The molecule has 0 saturated heterocycles. The van der Waals surface area contributed by atoms with Gasteiger partial charge in [-0.1, -0.05) is 23.7 Å². The van der Waals surface area contributed by atoms with Crippen molar-refractivity contribution >= 4 is 21.6 Å². The zero-order valence-electron chi connectivity index (χ0n) is 10.4. The average Bonchev–Trinajstić information content (AvgIpc) is 2.39. The van der Waals surface area contributed by atoms with Crippen molar-refractivity contribution in [2.45, 2.75) is 11.3 Å². The monoisotopic (exact) mass is 314 g/mol. The fraction of sp³-hybridized carbons (Fsp3) is 0.154. The van der Waals surface area contributed by atoms with Crippen LogP contribution in [-0.4, -0.2) is 19.9 Å². The second kappa shape index (κ2) is 6.30. The van der Waals surface area contributed by atoms with E-state index >= 15 is 0 Å². The van der Waals surface area contributed by atoms with Crippen molar-refractivity contribution < 1.29 is 12.8 Å². The lowest BCUT2D eigenvalue weighted by Gasteiger charge is -2.07. The van der Waals surface area contributed by atoms with Crippen LogP contribution in [0.2, 0.25) is 5.02 Å². The average molecular weight is 315 g/mol. The minimum Gasteiger partial charge on any atom is -0.263 e. The number of sulfonamides is 1. The number of nitrogens with one attached hydrogen (secondary N) is 1. The second-order valence-corrected chi connectivity index (χ2v) is 6.23. The van der Waals surface area contributed by atoms with Crippen molar-refractivity contribution in [1.82, 2.24) is 9.71 Å². The summed E-state index contributed by atoms with van der Waals surface area (Å²) < 4.78 is 39.4. The van der Waals surface area contributed by atoms with Gasteiger partial charge in [0.2, 0.25) is 10.0 Å². The van der Waals surface area contributed by atoms with Gasteiger partial charge in [-0.05, 0) is 30.2 Å². The summed E-state index contributed by atoms with van der Waals surface area (Å²) in [6.45, 7) is 0.150. The van der Waals surface area contributed by atoms with Crippen LogP contribution in [0.3, 0.4) is 0 Å². The fourth-order valence-electron chi connectivity index (χ4n) is 1.66. The van der Waals surface area contributed by atoms with Crippen LogP contribution in [0.1, 0.15) is 5.56 Å². The Kier molecular flexibility index (Phi) is 4.69. The third-order valence-corrected chi connectivity index (χ3v) is 4.55. The van der Waals surface area contributed by atoms with Gasteiger partial charge >= 0.3 is 0 Å². The largest absolute Gasteiger partial charge is 0.263 e. The first-order valence-electron chi connectivity index (χ1n) is 5.83. The maximum Gasteiger partial charge on any atom is 0.243 e. The van der Waals surface area contributed by atoms with Crippen LogP contribution < -0.4 is 4.72 Å². The molecule has 0 saturated carbocycles. The molecule has 0 bridgehead atoms. The fourth-order valence-corrected chi connectivity index (χ4v) is 3.12. The first kappa shape index (κ1) is 14.9. The summed E-state index contributed by atoms with van der Waals surface area (Å²) in [5.41, 5.74) is 0.713. The van der Waals surface area contributed by atoms with E-state index in [4.69, 9.17) is 11.6 Å². The molecule has 0 aliphatic carbocycles. The standard InChI is InChI=1S/C13H12ClFN2O2S/c14-12-5-6-16-9-13(12)20(18,19)17-7-4-10-2-1-3-11(15)8-10/h1-3,5-6,8-9,17H,4,7H2. The minimum atomic E-state index is -3.71. The molecule has 20 heavy (non-hydrogen) atoms. The summed E-state index contributed by atoms with van der Waals surface area (Å²) in [6.07, 6.45) is 2.98. The molecular formula is C13H12ClFN2O2S. The summed E-state index contributed by atoms with van der Waals surface area (Å²) in [5, 5.41) is 0.109. The molecule has 0 spiro atoms. The van der Waals surface area contributed by atoms with Crippen LogP contribution in [0.5, 0.6) is 0 Å². The molecule has 0 atom stereocenters. The quantitative estimate of drug-likeness (QED) is 0.922. The Labute approximate surface area is 121 Å². The summed E-state index contributed by atoms with van der Waals surface area (Å²) in [7, 11) is -3.71. The highest BCUT2D eigenvalue weighted by Crippen LogP contribution is 2.18. The van der Waals surface area contributed by atoms with Crippen molar-refractivity contribution in [1.29, 1.82) is 0 Å². The van der Waals surface area contributed by atoms with Gasteiger partial charge in [-0.25, -0.2) is 17.5 Å². The summed E-state index contributed by atoms with van der Waals surface area (Å²) in [6, 6.07) is 7.42. The number of pyridine rings is 1. The van der Waals surface area contributed by atoms with Crippen molar-refractivity contribution in [2.24, 2.45) is 0 Å². The number of hydrogen-bond acceptors (Lipinski definition) is 3. The van der Waals surface area contributed by atoms with E-state index in [0.29, 0.717) is 12.0 Å². The summed E-state index contributed by atoms with van der Waals surface area (Å²) >= 11 is 5.82. The number of rotatable bonds is 5. The van der Waals surface area contributed by atoms with Crippen molar-refractivity contribution in [3.05, 3.63) is 59.1 Å². The highest BCUT2D eigenvalue weighted by atomic mass is 35.5. The van der Waals surface area contributed by atoms with Gasteiger partial charge < -0.3 is 0 Å². The molecule has 0 fully saturated rings. The molecule has 106 valence electrons. The molecule has 7 heteroatoms. The molecule has 0 amide bonds. The van der Waals surface area contributed by atoms with E-state index in [0.717, 1.165) is 0 Å². The van der Waals surface area contributed by atoms with Crippen LogP contribution >= 0.6 is 11.6 Å². The van der Waals surface area contributed by atoms with E-state index in [9.17, 15) is 12.8 Å². The SMILES string of the molecule is O=S(=O)(NCCc1cccc(F)c1)c1cnccc1Cl. The highest BCUT2D eigenvalue weighted by Gasteiger charge is 2.17. The van der Waals surface area contributed by atoms with E-state index in [-0.39, 0.29) is 22.3 Å². The van der Waals surface area contributed by atoms with Crippen LogP contribution in [-0.2, 0) is 16.4 Å². The lowest BCUT2D eigenvalue weighted by atomic mass is 10.1. The number of nitrogens with zero attached hydrogens (tertiary/aromatic N) is 1. The molecule has 2 aromatic rings. The Morgan fingerprint density at radius 3 is 2.80 bits per heavy atom. The van der Waals surface area contributed by atoms with Gasteiger partial charge in [-0.15, -0.1) is 0 Å². The lowest BCUT2D eigenvalue weighted by molar-refractivity contribution is 0.581. The van der Waals surface area contributed by atoms with E-state index < -0.39 is 10.0 Å². The van der Waals surface area contributed by atoms with Gasteiger partial charge in [0.25, 0.3) is 0 Å². The van der Waals surface area contributed by atoms with Gasteiger partial charge in [0.05, 0.1) is 5.02 Å². The third-order valence-electron chi connectivity index (χ3n) is 2.62. The van der Waals surface area contributed by atoms with Crippen molar-refractivity contribution in [3.63, 3.8) is 0 Å². The minimum absolute atomic E-state index is 0.0686. The highest BCUT2D eigenvalue weighted by molar-refractivity contribution is 7.89. The van der Waals surface area contributed by atoms with E-state index in [1.165, 1.54) is 30.6 Å².